The van der Waals surface area contributed by atoms with Crippen LogP contribution in [0.25, 0.3) is 0 Å². The Balaban J connectivity index is 2.30. The fraction of sp³-hybridized carbons (Fsp3) is 0.929. The Labute approximate surface area is 302 Å². The molecule has 1 saturated heterocycles. The van der Waals surface area contributed by atoms with Crippen molar-refractivity contribution in [2.24, 2.45) is 0 Å². The van der Waals surface area contributed by atoms with Crippen molar-refractivity contribution >= 4 is 5.91 Å². The molecule has 0 aliphatic carbocycles. The van der Waals surface area contributed by atoms with Crippen LogP contribution in [-0.2, 0) is 9.53 Å². The van der Waals surface area contributed by atoms with Crippen molar-refractivity contribution in [1.82, 2.24) is 4.90 Å². The van der Waals surface area contributed by atoms with Crippen molar-refractivity contribution in [3.63, 3.8) is 0 Å². The lowest BCUT2D eigenvalue weighted by Crippen LogP contribution is -2.64. The highest BCUT2D eigenvalue weighted by molar-refractivity contribution is 5.76. The van der Waals surface area contributed by atoms with Crippen molar-refractivity contribution < 1.29 is 30.0 Å². The van der Waals surface area contributed by atoms with Gasteiger partial charge in [-0.15, -0.1) is 0 Å². The summed E-state index contributed by atoms with van der Waals surface area (Å²) in [4.78, 5) is 15.0. The number of allylic oxidation sites excluding steroid dienone is 2. The SMILES string of the molecule is CCCCCCCC/C=C\CCCCCCCC(=O)N(CCCCCCCCCCCCCCCCCC)[C@@H]1O[C@H](CO)[C@@H](O)[C@H](O)[C@H]1O. The maximum Gasteiger partial charge on any atom is 0.224 e. The van der Waals surface area contributed by atoms with Gasteiger partial charge in [0.2, 0.25) is 5.91 Å². The summed E-state index contributed by atoms with van der Waals surface area (Å²) in [6.45, 7) is 4.47. The third-order valence-corrected chi connectivity index (χ3v) is 10.4. The van der Waals surface area contributed by atoms with Gasteiger partial charge in [-0.3, -0.25) is 4.79 Å². The summed E-state index contributed by atoms with van der Waals surface area (Å²) < 4.78 is 5.81. The maximum atomic E-state index is 13.4. The third kappa shape index (κ3) is 23.2. The van der Waals surface area contributed by atoms with E-state index in [1.807, 2.05) is 0 Å². The van der Waals surface area contributed by atoms with Crippen LogP contribution in [0.2, 0.25) is 0 Å². The number of unbranched alkanes of at least 4 members (excludes halogenated alkanes) is 26. The standard InChI is InChI=1S/C42H81NO6/c1-3-5-7-9-11-13-15-17-19-21-23-25-27-29-31-33-35-43(42-41(48)40(47)39(46)37(36-44)49-42)38(45)34-32-30-28-26-24-22-20-18-16-14-12-10-8-6-4-2/h18,20,37,39-42,44,46-48H,3-17,19,21-36H2,1-2H3/b20-18-/t37-,39-,40+,41-,42-/m1/s1. The zero-order valence-corrected chi connectivity index (χ0v) is 32.2. The van der Waals surface area contributed by atoms with E-state index in [0.717, 1.165) is 51.4 Å². The molecule has 0 bridgehead atoms. The second-order valence-corrected chi connectivity index (χ2v) is 14.9. The van der Waals surface area contributed by atoms with E-state index in [1.54, 1.807) is 4.90 Å². The first-order chi connectivity index (χ1) is 24.0. The van der Waals surface area contributed by atoms with Gasteiger partial charge in [0.15, 0.2) is 6.23 Å². The minimum absolute atomic E-state index is 0.0945. The van der Waals surface area contributed by atoms with Crippen molar-refractivity contribution in [2.75, 3.05) is 13.2 Å². The van der Waals surface area contributed by atoms with Crippen LogP contribution >= 0.6 is 0 Å². The summed E-state index contributed by atoms with van der Waals surface area (Å²) in [5, 5.41) is 41.1. The van der Waals surface area contributed by atoms with Gasteiger partial charge in [-0.05, 0) is 38.5 Å². The Morgan fingerprint density at radius 1 is 0.531 bits per heavy atom. The van der Waals surface area contributed by atoms with Crippen LogP contribution in [0.1, 0.15) is 206 Å². The molecule has 0 saturated carbocycles. The molecule has 49 heavy (non-hydrogen) atoms. The van der Waals surface area contributed by atoms with Crippen LogP contribution in [0, 0.1) is 0 Å². The van der Waals surface area contributed by atoms with Crippen LogP contribution in [0.5, 0.6) is 0 Å². The summed E-state index contributed by atoms with van der Waals surface area (Å²) in [6, 6.07) is 0. The molecule has 1 aliphatic rings. The molecule has 1 heterocycles. The molecule has 290 valence electrons. The van der Waals surface area contributed by atoms with Gasteiger partial charge in [0.1, 0.15) is 24.4 Å². The normalized spacial score (nSPS) is 21.1. The van der Waals surface area contributed by atoms with E-state index in [0.29, 0.717) is 13.0 Å². The molecule has 1 fully saturated rings. The Hall–Kier alpha value is -0.990. The van der Waals surface area contributed by atoms with Crippen molar-refractivity contribution in [3.8, 4) is 0 Å². The quantitative estimate of drug-likeness (QED) is 0.0394. The number of aliphatic hydroxyl groups excluding tert-OH is 4. The molecule has 7 heteroatoms. The molecule has 4 N–H and O–H groups in total. The smallest absolute Gasteiger partial charge is 0.224 e. The van der Waals surface area contributed by atoms with Gasteiger partial charge in [-0.25, -0.2) is 0 Å². The van der Waals surface area contributed by atoms with Gasteiger partial charge in [0.25, 0.3) is 0 Å². The number of aliphatic hydroxyl groups is 4. The van der Waals surface area contributed by atoms with E-state index < -0.39 is 37.3 Å². The summed E-state index contributed by atoms with van der Waals surface area (Å²) >= 11 is 0. The van der Waals surface area contributed by atoms with Crippen molar-refractivity contribution in [2.45, 2.75) is 237 Å². The minimum Gasteiger partial charge on any atom is -0.394 e. The molecule has 1 amide bonds. The number of hydrogen-bond acceptors (Lipinski definition) is 6. The van der Waals surface area contributed by atoms with Gasteiger partial charge in [-0.1, -0.05) is 174 Å². The third-order valence-electron chi connectivity index (χ3n) is 10.4. The first-order valence-corrected chi connectivity index (χ1v) is 21.2. The largest absolute Gasteiger partial charge is 0.394 e. The monoisotopic (exact) mass is 696 g/mol. The van der Waals surface area contributed by atoms with Crippen LogP contribution in [-0.4, -0.2) is 75.0 Å². The zero-order chi connectivity index (χ0) is 35.8. The average molecular weight is 696 g/mol. The van der Waals surface area contributed by atoms with Crippen molar-refractivity contribution in [3.05, 3.63) is 12.2 Å². The number of carbonyl (C=O) groups is 1. The number of nitrogens with zero attached hydrogens (tertiary/aromatic N) is 1. The summed E-state index contributed by atoms with van der Waals surface area (Å²) in [5.41, 5.74) is 0. The van der Waals surface area contributed by atoms with Gasteiger partial charge in [0, 0.05) is 13.0 Å². The van der Waals surface area contributed by atoms with E-state index in [9.17, 15) is 25.2 Å². The number of hydrogen-bond donors (Lipinski definition) is 4. The molecule has 1 rings (SSSR count). The molecule has 5 atom stereocenters. The molecular weight excluding hydrogens is 614 g/mol. The highest BCUT2D eigenvalue weighted by Gasteiger charge is 2.46. The Morgan fingerprint density at radius 2 is 0.918 bits per heavy atom. The van der Waals surface area contributed by atoms with E-state index in [4.69, 9.17) is 4.74 Å². The predicted octanol–water partition coefficient (Wildman–Crippen LogP) is 9.91. The van der Waals surface area contributed by atoms with Crippen LogP contribution < -0.4 is 0 Å². The highest BCUT2D eigenvalue weighted by atomic mass is 16.6. The molecule has 0 unspecified atom stereocenters. The maximum absolute atomic E-state index is 13.4. The predicted molar refractivity (Wildman–Crippen MR) is 204 cm³/mol. The minimum atomic E-state index is -1.48. The first kappa shape index (κ1) is 46.0. The number of carbonyl (C=O) groups excluding carboxylic acids is 1. The lowest BCUT2D eigenvalue weighted by molar-refractivity contribution is -0.262. The molecule has 0 aromatic rings. The van der Waals surface area contributed by atoms with Gasteiger partial charge >= 0.3 is 0 Å². The molecular formula is C42H81NO6. The van der Waals surface area contributed by atoms with Gasteiger partial charge < -0.3 is 30.1 Å². The fourth-order valence-electron chi connectivity index (χ4n) is 7.05. The lowest BCUT2D eigenvalue weighted by Gasteiger charge is -2.44. The van der Waals surface area contributed by atoms with Crippen LogP contribution in [0.3, 0.4) is 0 Å². The van der Waals surface area contributed by atoms with E-state index in [2.05, 4.69) is 26.0 Å². The fourth-order valence-corrected chi connectivity index (χ4v) is 7.05. The van der Waals surface area contributed by atoms with Crippen molar-refractivity contribution in [1.29, 1.82) is 0 Å². The summed E-state index contributed by atoms with van der Waals surface area (Å²) in [5.74, 6) is -0.0945. The second-order valence-electron chi connectivity index (χ2n) is 14.9. The average Bonchev–Trinajstić information content (AvgIpc) is 3.10. The van der Waals surface area contributed by atoms with Crippen LogP contribution in [0.4, 0.5) is 0 Å². The zero-order valence-electron chi connectivity index (χ0n) is 32.2. The molecule has 0 aromatic heterocycles. The second kappa shape index (κ2) is 32.9. The van der Waals surface area contributed by atoms with Gasteiger partial charge in [0.05, 0.1) is 6.61 Å². The Kier molecular flexibility index (Phi) is 30.9. The Bertz CT molecular complexity index is 761. The highest BCUT2D eigenvalue weighted by Crippen LogP contribution is 2.25. The molecule has 0 aromatic carbocycles. The van der Waals surface area contributed by atoms with Gasteiger partial charge in [-0.2, -0.15) is 0 Å². The van der Waals surface area contributed by atoms with Crippen LogP contribution in [0.15, 0.2) is 12.2 Å². The number of rotatable bonds is 34. The topological polar surface area (TPSA) is 110 Å². The first-order valence-electron chi connectivity index (χ1n) is 21.2. The summed E-state index contributed by atoms with van der Waals surface area (Å²) in [6.07, 6.45) is 34.5. The van der Waals surface area contributed by atoms with E-state index in [-0.39, 0.29) is 5.91 Å². The van der Waals surface area contributed by atoms with E-state index >= 15 is 0 Å². The Morgan fingerprint density at radius 3 is 1.35 bits per heavy atom. The lowest BCUT2D eigenvalue weighted by atomic mass is 9.97. The molecule has 0 radical (unpaired) electrons. The summed E-state index contributed by atoms with van der Waals surface area (Å²) in [7, 11) is 0. The number of amides is 1. The molecule has 1 aliphatic heterocycles. The molecule has 0 spiro atoms. The number of ether oxygens (including phenoxy) is 1. The molecule has 7 nitrogen and oxygen atoms in total. The van der Waals surface area contributed by atoms with E-state index in [1.165, 1.54) is 135 Å².